The second kappa shape index (κ2) is 10.7. The smallest absolute Gasteiger partial charge is 0.410 e. The molecule has 0 saturated carbocycles. The van der Waals surface area contributed by atoms with Crippen LogP contribution in [0.25, 0.3) is 5.57 Å². The number of nitrogens with zero attached hydrogens (tertiary/aromatic N) is 2. The molecule has 3 rings (SSSR count). The van der Waals surface area contributed by atoms with Crippen LogP contribution in [0.1, 0.15) is 52.0 Å². The third-order valence-electron chi connectivity index (χ3n) is 5.97. The molecule has 1 amide bonds. The number of hydrogen-bond acceptors (Lipinski definition) is 4. The molecule has 0 atom stereocenters. The third-order valence-corrected chi connectivity index (χ3v) is 5.97. The van der Waals surface area contributed by atoms with Gasteiger partial charge in [0.15, 0.2) is 0 Å². The summed E-state index contributed by atoms with van der Waals surface area (Å²) in [6.07, 6.45) is 6.33. The number of amides is 1. The van der Waals surface area contributed by atoms with E-state index in [1.54, 1.807) is 0 Å². The van der Waals surface area contributed by atoms with Gasteiger partial charge < -0.3 is 14.4 Å². The van der Waals surface area contributed by atoms with Crippen molar-refractivity contribution >= 4 is 11.7 Å². The van der Waals surface area contributed by atoms with Gasteiger partial charge in [-0.15, -0.1) is 0 Å². The van der Waals surface area contributed by atoms with E-state index in [2.05, 4.69) is 42.2 Å². The van der Waals surface area contributed by atoms with Crippen molar-refractivity contribution < 1.29 is 14.3 Å². The fourth-order valence-corrected chi connectivity index (χ4v) is 4.05. The predicted octanol–water partition coefficient (Wildman–Crippen LogP) is 4.82. The minimum absolute atomic E-state index is 0.0551. The largest absolute Gasteiger partial charge is 0.494 e. The summed E-state index contributed by atoms with van der Waals surface area (Å²) in [5, 5.41) is 0. The lowest BCUT2D eigenvalue weighted by Crippen LogP contribution is -2.39. The van der Waals surface area contributed by atoms with Crippen molar-refractivity contribution in [3.63, 3.8) is 0 Å². The highest BCUT2D eigenvalue weighted by atomic mass is 16.6. The summed E-state index contributed by atoms with van der Waals surface area (Å²) in [6, 6.07) is 8.54. The molecule has 0 aromatic heterocycles. The van der Waals surface area contributed by atoms with E-state index in [1.807, 2.05) is 18.7 Å². The fourth-order valence-electron chi connectivity index (χ4n) is 4.05. The topological polar surface area (TPSA) is 42.0 Å². The summed E-state index contributed by atoms with van der Waals surface area (Å²) >= 11 is 0. The van der Waals surface area contributed by atoms with Crippen molar-refractivity contribution in [2.75, 3.05) is 39.3 Å². The van der Waals surface area contributed by atoms with Crippen molar-refractivity contribution in [3.05, 3.63) is 35.9 Å². The number of ether oxygens (including phenoxy) is 2. The Balaban J connectivity index is 1.37. The Morgan fingerprint density at radius 2 is 1.86 bits per heavy atom. The standard InChI is InChI=1S/C24H36N2O3/c1-4-25-14-11-22(12-15-25)21-5-7-23(8-6-21)28-18-13-20-9-16-26(17-10-20)24(27)29-19(2)3/h5-8,11,19-20H,4,9-10,12-18H2,1-3H3. The van der Waals surface area contributed by atoms with Crippen LogP contribution < -0.4 is 4.74 Å². The molecular formula is C24H36N2O3. The summed E-state index contributed by atoms with van der Waals surface area (Å²) in [4.78, 5) is 16.2. The Hall–Kier alpha value is -2.01. The van der Waals surface area contributed by atoms with Crippen molar-refractivity contribution in [1.82, 2.24) is 9.80 Å². The summed E-state index contributed by atoms with van der Waals surface area (Å²) in [7, 11) is 0. The van der Waals surface area contributed by atoms with Gasteiger partial charge in [-0.25, -0.2) is 4.79 Å². The molecule has 0 N–H and O–H groups in total. The Morgan fingerprint density at radius 1 is 1.14 bits per heavy atom. The van der Waals surface area contributed by atoms with Crippen LogP contribution in [0.4, 0.5) is 4.79 Å². The maximum Gasteiger partial charge on any atom is 0.410 e. The SMILES string of the molecule is CCN1CC=C(c2ccc(OCCC3CCN(C(=O)OC(C)C)CC3)cc2)CC1. The van der Waals surface area contributed by atoms with Gasteiger partial charge in [-0.2, -0.15) is 0 Å². The molecule has 2 aliphatic rings. The highest BCUT2D eigenvalue weighted by Crippen LogP contribution is 2.25. The molecule has 2 aliphatic heterocycles. The summed E-state index contributed by atoms with van der Waals surface area (Å²) in [5.74, 6) is 1.56. The third kappa shape index (κ3) is 6.49. The first-order chi connectivity index (χ1) is 14.0. The lowest BCUT2D eigenvalue weighted by Gasteiger charge is -2.31. The van der Waals surface area contributed by atoms with Crippen molar-refractivity contribution in [2.24, 2.45) is 5.92 Å². The second-order valence-electron chi connectivity index (χ2n) is 8.40. The zero-order chi connectivity index (χ0) is 20.6. The molecule has 1 fully saturated rings. The quantitative estimate of drug-likeness (QED) is 0.658. The van der Waals surface area contributed by atoms with Crippen LogP contribution in [-0.4, -0.2) is 61.3 Å². The average Bonchev–Trinajstić information content (AvgIpc) is 2.74. The van der Waals surface area contributed by atoms with Crippen LogP contribution in [0.15, 0.2) is 30.3 Å². The van der Waals surface area contributed by atoms with Gasteiger partial charge in [0.05, 0.1) is 12.7 Å². The Morgan fingerprint density at radius 3 is 2.45 bits per heavy atom. The van der Waals surface area contributed by atoms with Crippen LogP contribution in [0.5, 0.6) is 5.75 Å². The van der Waals surface area contributed by atoms with Gasteiger partial charge in [0.2, 0.25) is 0 Å². The maximum atomic E-state index is 12.0. The van der Waals surface area contributed by atoms with Crippen LogP contribution in [0.3, 0.4) is 0 Å². The summed E-state index contributed by atoms with van der Waals surface area (Å²) in [5.41, 5.74) is 2.76. The number of hydrogen-bond donors (Lipinski definition) is 0. The number of carbonyl (C=O) groups excluding carboxylic acids is 1. The highest BCUT2D eigenvalue weighted by molar-refractivity contribution is 5.68. The van der Waals surface area contributed by atoms with Crippen LogP contribution >= 0.6 is 0 Å². The van der Waals surface area contributed by atoms with Gasteiger partial charge in [0.1, 0.15) is 5.75 Å². The van der Waals surface area contributed by atoms with Gasteiger partial charge in [0.25, 0.3) is 0 Å². The highest BCUT2D eigenvalue weighted by Gasteiger charge is 2.24. The van der Waals surface area contributed by atoms with E-state index in [-0.39, 0.29) is 12.2 Å². The molecule has 5 nitrogen and oxygen atoms in total. The Kier molecular flexibility index (Phi) is 7.99. The van der Waals surface area contributed by atoms with E-state index in [1.165, 1.54) is 11.1 Å². The van der Waals surface area contributed by atoms with Crippen LogP contribution in [0, 0.1) is 5.92 Å². The molecule has 0 spiro atoms. The minimum Gasteiger partial charge on any atom is -0.494 e. The zero-order valence-corrected chi connectivity index (χ0v) is 18.2. The zero-order valence-electron chi connectivity index (χ0n) is 18.2. The molecule has 1 aromatic carbocycles. The number of carbonyl (C=O) groups is 1. The molecule has 0 radical (unpaired) electrons. The van der Waals surface area contributed by atoms with Gasteiger partial charge in [-0.1, -0.05) is 25.1 Å². The van der Waals surface area contributed by atoms with E-state index < -0.39 is 0 Å². The van der Waals surface area contributed by atoms with Gasteiger partial charge in [-0.3, -0.25) is 4.90 Å². The van der Waals surface area contributed by atoms with E-state index >= 15 is 0 Å². The second-order valence-corrected chi connectivity index (χ2v) is 8.40. The van der Waals surface area contributed by atoms with Gasteiger partial charge in [0, 0.05) is 26.2 Å². The lowest BCUT2D eigenvalue weighted by molar-refractivity contribution is 0.0637. The Bertz CT molecular complexity index is 676. The monoisotopic (exact) mass is 400 g/mol. The molecule has 1 aromatic rings. The molecule has 29 heavy (non-hydrogen) atoms. The number of likely N-dealkylation sites (N-methyl/N-ethyl adjacent to an activating group) is 1. The maximum absolute atomic E-state index is 12.0. The van der Waals surface area contributed by atoms with Gasteiger partial charge >= 0.3 is 6.09 Å². The first-order valence-electron chi connectivity index (χ1n) is 11.1. The van der Waals surface area contributed by atoms with Crippen molar-refractivity contribution in [1.29, 1.82) is 0 Å². The van der Waals surface area contributed by atoms with E-state index in [4.69, 9.17) is 9.47 Å². The molecule has 0 aliphatic carbocycles. The van der Waals surface area contributed by atoms with Crippen LogP contribution in [0.2, 0.25) is 0 Å². The number of rotatable bonds is 7. The fraction of sp³-hybridized carbons (Fsp3) is 0.625. The Labute approximate surface area is 175 Å². The lowest BCUT2D eigenvalue weighted by atomic mass is 9.94. The summed E-state index contributed by atoms with van der Waals surface area (Å²) < 4.78 is 11.3. The predicted molar refractivity (Wildman–Crippen MR) is 117 cm³/mol. The number of likely N-dealkylation sites (tertiary alicyclic amines) is 1. The van der Waals surface area contributed by atoms with E-state index in [0.29, 0.717) is 5.92 Å². The molecule has 0 unspecified atom stereocenters. The molecule has 0 bridgehead atoms. The molecule has 5 heteroatoms. The molecule has 160 valence electrons. The van der Waals surface area contributed by atoms with Crippen molar-refractivity contribution in [2.45, 2.75) is 52.6 Å². The normalized spacial score (nSPS) is 18.6. The summed E-state index contributed by atoms with van der Waals surface area (Å²) in [6.45, 7) is 11.6. The van der Waals surface area contributed by atoms with E-state index in [0.717, 1.165) is 70.8 Å². The molecular weight excluding hydrogens is 364 g/mol. The number of piperidine rings is 1. The molecule has 2 heterocycles. The molecule has 1 saturated heterocycles. The number of benzene rings is 1. The first-order valence-corrected chi connectivity index (χ1v) is 11.1. The van der Waals surface area contributed by atoms with E-state index in [9.17, 15) is 4.79 Å². The first kappa shape index (κ1) is 21.7. The average molecular weight is 401 g/mol. The van der Waals surface area contributed by atoms with Crippen molar-refractivity contribution in [3.8, 4) is 5.75 Å². The minimum atomic E-state index is -0.176. The van der Waals surface area contributed by atoms with Gasteiger partial charge in [-0.05, 0) is 75.3 Å². The van der Waals surface area contributed by atoms with Crippen LogP contribution in [-0.2, 0) is 4.74 Å².